The number of piperidine rings is 1. The van der Waals surface area contributed by atoms with Gasteiger partial charge in [-0.1, -0.05) is 0 Å². The van der Waals surface area contributed by atoms with Gasteiger partial charge in [0, 0.05) is 18.6 Å². The number of rotatable bonds is 4. The van der Waals surface area contributed by atoms with E-state index in [1.165, 1.54) is 12.8 Å². The van der Waals surface area contributed by atoms with Crippen LogP contribution < -0.4 is 11.1 Å². The highest BCUT2D eigenvalue weighted by molar-refractivity contribution is 5.81. The summed E-state index contributed by atoms with van der Waals surface area (Å²) in [7, 11) is 0. The third kappa shape index (κ3) is 3.19. The summed E-state index contributed by atoms with van der Waals surface area (Å²) < 4.78 is 0. The molecule has 2 amide bonds. The predicted octanol–water partition coefficient (Wildman–Crippen LogP) is -0.149. The quantitative estimate of drug-likeness (QED) is 0.716. The number of carbonyl (C=O) groups is 2. The lowest BCUT2D eigenvalue weighted by Crippen LogP contribution is -2.51. The van der Waals surface area contributed by atoms with E-state index in [0.717, 1.165) is 12.8 Å². The first kappa shape index (κ1) is 12.4. The Kier molecular flexibility index (Phi) is 3.66. The summed E-state index contributed by atoms with van der Waals surface area (Å²) in [4.78, 5) is 25.0. The Morgan fingerprint density at radius 2 is 2.00 bits per heavy atom. The summed E-state index contributed by atoms with van der Waals surface area (Å²) in [6, 6.07) is 0.755. The van der Waals surface area contributed by atoms with Gasteiger partial charge in [-0.2, -0.15) is 0 Å². The zero-order chi connectivity index (χ0) is 12.4. The molecule has 17 heavy (non-hydrogen) atoms. The highest BCUT2D eigenvalue weighted by atomic mass is 16.2. The molecule has 2 unspecified atom stereocenters. The van der Waals surface area contributed by atoms with Crippen molar-refractivity contribution in [2.75, 3.05) is 13.1 Å². The summed E-state index contributed by atoms with van der Waals surface area (Å²) in [6.45, 7) is 2.91. The minimum atomic E-state index is -0.287. The Morgan fingerprint density at radius 3 is 2.59 bits per heavy atom. The maximum absolute atomic E-state index is 12.0. The van der Waals surface area contributed by atoms with Crippen molar-refractivity contribution >= 4 is 11.8 Å². The zero-order valence-corrected chi connectivity index (χ0v) is 10.3. The van der Waals surface area contributed by atoms with Crippen LogP contribution in [0.2, 0.25) is 0 Å². The fourth-order valence-corrected chi connectivity index (χ4v) is 2.31. The van der Waals surface area contributed by atoms with Gasteiger partial charge in [0.1, 0.15) is 0 Å². The molecule has 0 radical (unpaired) electrons. The number of primary amides is 1. The maximum Gasteiger partial charge on any atom is 0.236 e. The number of carbonyl (C=O) groups excluding carboxylic acids is 2. The Balaban J connectivity index is 1.86. The zero-order valence-electron chi connectivity index (χ0n) is 10.3. The first-order valence-corrected chi connectivity index (χ1v) is 6.40. The van der Waals surface area contributed by atoms with Crippen LogP contribution in [-0.2, 0) is 9.59 Å². The summed E-state index contributed by atoms with van der Waals surface area (Å²) >= 11 is 0. The molecule has 2 rings (SSSR count). The van der Waals surface area contributed by atoms with E-state index in [2.05, 4.69) is 5.32 Å². The van der Waals surface area contributed by atoms with Gasteiger partial charge in [0.2, 0.25) is 11.8 Å². The molecule has 5 heteroatoms. The lowest BCUT2D eigenvalue weighted by Gasteiger charge is -2.37. The van der Waals surface area contributed by atoms with Crippen molar-refractivity contribution < 1.29 is 9.59 Å². The highest BCUT2D eigenvalue weighted by Crippen LogP contribution is 2.22. The van der Waals surface area contributed by atoms with Crippen molar-refractivity contribution in [3.8, 4) is 0 Å². The number of nitrogens with zero attached hydrogens (tertiary/aromatic N) is 1. The molecule has 3 N–H and O–H groups in total. The molecule has 96 valence electrons. The fraction of sp³-hybridized carbons (Fsp3) is 0.833. The molecule has 0 aromatic carbocycles. The van der Waals surface area contributed by atoms with Gasteiger partial charge in [-0.3, -0.25) is 9.59 Å². The molecule has 2 aliphatic rings. The molecular formula is C12H21N3O2. The summed E-state index contributed by atoms with van der Waals surface area (Å²) in [5, 5.41) is 3.21. The number of nitrogens with two attached hydrogens (primary N) is 1. The van der Waals surface area contributed by atoms with Crippen LogP contribution in [-0.4, -0.2) is 41.9 Å². The number of nitrogens with one attached hydrogen (secondary N) is 1. The third-order valence-corrected chi connectivity index (χ3v) is 3.72. The largest absolute Gasteiger partial charge is 0.369 e. The van der Waals surface area contributed by atoms with Crippen LogP contribution in [0.25, 0.3) is 0 Å². The summed E-state index contributed by atoms with van der Waals surface area (Å²) in [5.41, 5.74) is 5.31. The van der Waals surface area contributed by atoms with E-state index < -0.39 is 0 Å². The van der Waals surface area contributed by atoms with Crippen LogP contribution in [0, 0.1) is 5.92 Å². The van der Waals surface area contributed by atoms with E-state index in [0.29, 0.717) is 19.1 Å². The van der Waals surface area contributed by atoms with Crippen LogP contribution in [0.4, 0.5) is 0 Å². The van der Waals surface area contributed by atoms with Gasteiger partial charge in [-0.15, -0.1) is 0 Å². The van der Waals surface area contributed by atoms with E-state index in [4.69, 9.17) is 5.73 Å². The normalized spacial score (nSPS) is 29.1. The smallest absolute Gasteiger partial charge is 0.236 e. The van der Waals surface area contributed by atoms with Crippen LogP contribution in [0.15, 0.2) is 0 Å². The average molecular weight is 239 g/mol. The van der Waals surface area contributed by atoms with Gasteiger partial charge >= 0.3 is 0 Å². The van der Waals surface area contributed by atoms with E-state index in [-0.39, 0.29) is 23.8 Å². The number of hydrogen-bond acceptors (Lipinski definition) is 3. The number of hydrogen-bond donors (Lipinski definition) is 2. The third-order valence-electron chi connectivity index (χ3n) is 3.72. The van der Waals surface area contributed by atoms with Crippen molar-refractivity contribution in [1.82, 2.24) is 10.2 Å². The Morgan fingerprint density at radius 1 is 1.29 bits per heavy atom. The Labute approximate surface area is 102 Å². The van der Waals surface area contributed by atoms with Gasteiger partial charge in [-0.25, -0.2) is 0 Å². The van der Waals surface area contributed by atoms with Gasteiger partial charge in [0.15, 0.2) is 0 Å². The van der Waals surface area contributed by atoms with Gasteiger partial charge in [0.05, 0.1) is 12.5 Å². The second-order valence-corrected chi connectivity index (χ2v) is 5.23. The lowest BCUT2D eigenvalue weighted by atomic mass is 9.93. The van der Waals surface area contributed by atoms with Crippen LogP contribution in [0.1, 0.15) is 32.6 Å². The minimum Gasteiger partial charge on any atom is -0.369 e. The minimum absolute atomic E-state index is 0.0929. The second-order valence-electron chi connectivity index (χ2n) is 5.23. The lowest BCUT2D eigenvalue weighted by molar-refractivity contribution is -0.136. The molecule has 1 aliphatic heterocycles. The number of likely N-dealkylation sites (tertiary alicyclic amines) is 1. The molecular weight excluding hydrogens is 218 g/mol. The van der Waals surface area contributed by atoms with E-state index >= 15 is 0 Å². The predicted molar refractivity (Wildman–Crippen MR) is 64.1 cm³/mol. The second kappa shape index (κ2) is 5.04. The molecule has 2 atom stereocenters. The molecule has 1 saturated heterocycles. The molecule has 2 fully saturated rings. The van der Waals surface area contributed by atoms with Gasteiger partial charge < -0.3 is 16.0 Å². The Bertz CT molecular complexity index is 315. The molecule has 1 saturated carbocycles. The standard InChI is InChI=1S/C12H21N3O2/c1-8-2-3-9(12(13)17)7-15(8)11(16)6-14-10-4-5-10/h8-10,14H,2-7H2,1H3,(H2,13,17). The van der Waals surface area contributed by atoms with E-state index in [9.17, 15) is 9.59 Å². The van der Waals surface area contributed by atoms with Crippen molar-refractivity contribution in [3.63, 3.8) is 0 Å². The fourth-order valence-electron chi connectivity index (χ4n) is 2.31. The molecule has 1 aliphatic carbocycles. The summed E-state index contributed by atoms with van der Waals surface area (Å²) in [6.07, 6.45) is 4.01. The molecule has 0 aromatic heterocycles. The molecule has 5 nitrogen and oxygen atoms in total. The van der Waals surface area contributed by atoms with Gasteiger partial charge in [-0.05, 0) is 32.6 Å². The first-order valence-electron chi connectivity index (χ1n) is 6.40. The van der Waals surface area contributed by atoms with Crippen LogP contribution >= 0.6 is 0 Å². The van der Waals surface area contributed by atoms with Crippen molar-refractivity contribution in [2.24, 2.45) is 11.7 Å². The van der Waals surface area contributed by atoms with E-state index in [1.54, 1.807) is 4.90 Å². The van der Waals surface area contributed by atoms with Gasteiger partial charge in [0.25, 0.3) is 0 Å². The molecule has 1 heterocycles. The maximum atomic E-state index is 12.0. The van der Waals surface area contributed by atoms with Crippen LogP contribution in [0.5, 0.6) is 0 Å². The monoisotopic (exact) mass is 239 g/mol. The number of amides is 2. The van der Waals surface area contributed by atoms with E-state index in [1.807, 2.05) is 6.92 Å². The van der Waals surface area contributed by atoms with Crippen LogP contribution in [0.3, 0.4) is 0 Å². The van der Waals surface area contributed by atoms with Crippen molar-refractivity contribution in [2.45, 2.75) is 44.7 Å². The molecule has 0 bridgehead atoms. The summed E-state index contributed by atoms with van der Waals surface area (Å²) in [5.74, 6) is -0.365. The SMILES string of the molecule is CC1CCC(C(N)=O)CN1C(=O)CNC1CC1. The Hall–Kier alpha value is -1.10. The molecule has 0 aromatic rings. The molecule has 0 spiro atoms. The average Bonchev–Trinajstić information content (AvgIpc) is 3.10. The highest BCUT2D eigenvalue weighted by Gasteiger charge is 2.32. The van der Waals surface area contributed by atoms with Crippen molar-refractivity contribution in [1.29, 1.82) is 0 Å². The topological polar surface area (TPSA) is 75.4 Å². The van der Waals surface area contributed by atoms with Crippen molar-refractivity contribution in [3.05, 3.63) is 0 Å². The first-order chi connectivity index (χ1) is 8.08.